The number of hydrogen-bond donors (Lipinski definition) is 15. The lowest BCUT2D eigenvalue weighted by Gasteiger charge is -2.49. The fourth-order valence-corrected chi connectivity index (χ4v) is 7.62. The van der Waals surface area contributed by atoms with Gasteiger partial charge in [-0.1, -0.05) is 0 Å². The molecule has 15 N–H and O–H groups in total. The van der Waals surface area contributed by atoms with Crippen molar-refractivity contribution in [1.29, 1.82) is 0 Å². The van der Waals surface area contributed by atoms with Gasteiger partial charge in [0.25, 0.3) is 0 Å². The van der Waals surface area contributed by atoms with E-state index >= 15 is 0 Å². The second-order valence-corrected chi connectivity index (χ2v) is 15.4. The van der Waals surface area contributed by atoms with Crippen LogP contribution in [0, 0.1) is 0 Å². The van der Waals surface area contributed by atoms with Crippen LogP contribution < -0.4 is 10.6 Å². The second kappa shape index (κ2) is 20.7. The number of carbonyl (C=O) groups excluding carboxylic acids is 2. The van der Waals surface area contributed by atoms with Crippen LogP contribution in [0.2, 0.25) is 0 Å². The SMILES string of the molecule is CC(=O)N[C@H]1[C@H](OC[C@H]2O[C@H](O)[C@@H](O[C@@H]3O[C@H](CO)[C@@H](O[C@@H]4O[C@H](C)[C@H](O)[C@H](O)[C@H]4O)[C@H](O)[C@H]3NC(C)=O)[C@@H](O)[C@@H]2O)O[C@H](CO)[C@@H](O[C@@H]2O[C@H](C)[C@H](O)[C@H](O)[C@H]2O)[C@@H]1O. The van der Waals surface area contributed by atoms with Crippen molar-refractivity contribution in [3.8, 4) is 0 Å². The normalized spacial score (nSPS) is 50.2. The van der Waals surface area contributed by atoms with Crippen LogP contribution in [0.3, 0.4) is 0 Å². The Morgan fingerprint density at radius 3 is 1.32 bits per heavy atom. The van der Waals surface area contributed by atoms with Crippen molar-refractivity contribution in [3.05, 3.63) is 0 Å². The zero-order valence-electron chi connectivity index (χ0n) is 32.9. The van der Waals surface area contributed by atoms with E-state index < -0.39 is 185 Å². The molecule has 2 amide bonds. The third kappa shape index (κ3) is 10.5. The van der Waals surface area contributed by atoms with Crippen LogP contribution in [0.1, 0.15) is 27.7 Å². The predicted octanol–water partition coefficient (Wildman–Crippen LogP) is -9.58. The highest BCUT2D eigenvalue weighted by Crippen LogP contribution is 2.34. The van der Waals surface area contributed by atoms with E-state index in [0.29, 0.717) is 0 Å². The number of rotatable bonds is 13. The fourth-order valence-electron chi connectivity index (χ4n) is 7.62. The molecule has 0 spiro atoms. The molecule has 0 aromatic rings. The van der Waals surface area contributed by atoms with Crippen LogP contribution in [0.15, 0.2) is 0 Å². The molecule has 60 heavy (non-hydrogen) atoms. The highest BCUT2D eigenvalue weighted by molar-refractivity contribution is 5.73. The summed E-state index contributed by atoms with van der Waals surface area (Å²) in [4.78, 5) is 24.4. The molecule has 26 nitrogen and oxygen atoms in total. The highest BCUT2D eigenvalue weighted by atomic mass is 16.8. The fraction of sp³-hybridized carbons (Fsp3) is 0.941. The summed E-state index contributed by atoms with van der Waals surface area (Å²) >= 11 is 0. The molecule has 0 radical (unpaired) electrons. The molecule has 0 saturated carbocycles. The van der Waals surface area contributed by atoms with Crippen LogP contribution in [0.25, 0.3) is 0 Å². The average molecular weight is 879 g/mol. The Kier molecular flexibility index (Phi) is 16.9. The molecule has 0 aliphatic carbocycles. The molecule has 5 fully saturated rings. The molecule has 5 rings (SSSR count). The molecule has 26 heteroatoms. The summed E-state index contributed by atoms with van der Waals surface area (Å²) in [6, 6.07) is -3.06. The number of aliphatic hydroxyl groups is 13. The minimum atomic E-state index is -2.09. The summed E-state index contributed by atoms with van der Waals surface area (Å²) in [5, 5.41) is 142. The summed E-state index contributed by atoms with van der Waals surface area (Å²) in [6.07, 6.45) is -37.9. The van der Waals surface area contributed by atoms with E-state index in [9.17, 15) is 76.0 Å². The van der Waals surface area contributed by atoms with Crippen molar-refractivity contribution in [2.24, 2.45) is 0 Å². The van der Waals surface area contributed by atoms with Gasteiger partial charge in [-0.2, -0.15) is 0 Å². The molecule has 25 atom stereocenters. The number of ether oxygens (including phenoxy) is 9. The summed E-state index contributed by atoms with van der Waals surface area (Å²) in [6.45, 7) is 2.51. The van der Waals surface area contributed by atoms with Crippen molar-refractivity contribution < 1.29 is 119 Å². The lowest BCUT2D eigenvalue weighted by Crippen LogP contribution is -2.69. The maximum Gasteiger partial charge on any atom is 0.217 e. The van der Waals surface area contributed by atoms with Gasteiger partial charge in [0.2, 0.25) is 11.8 Å². The number of amides is 2. The maximum absolute atomic E-state index is 12.2. The van der Waals surface area contributed by atoms with Gasteiger partial charge < -0.3 is 120 Å². The zero-order valence-corrected chi connectivity index (χ0v) is 32.9. The summed E-state index contributed by atoms with van der Waals surface area (Å²) in [7, 11) is 0. The van der Waals surface area contributed by atoms with E-state index in [4.69, 9.17) is 42.6 Å². The standard InChI is InChI=1S/C34H58N2O24/c1-8-17(41)22(46)25(49)33(53-8)58-27-12(5-37)56-31(15(20(27)44)35-10(3)39)52-7-14-19(43)24(48)29(30(51)55-14)60-32-16(36-11(4)40)21(45)28(13(6-38)57-32)59-34-26(50)23(47)18(42)9(2)54-34/h8-9,12-34,37-38,41-51H,5-7H2,1-4H3,(H,35,39)(H,36,40)/t8-,9-,12-,13-,14-,15-,16-,17+,18+,19-,20-,21-,22+,23+,24+,25-,26-,27-,28-,29+,30+,31-,32+,33+,34+/m1/s1. The van der Waals surface area contributed by atoms with E-state index in [2.05, 4.69) is 10.6 Å². The number of aliphatic hydroxyl groups excluding tert-OH is 13. The Morgan fingerprint density at radius 1 is 0.467 bits per heavy atom. The Labute approximate surface area is 342 Å². The first-order valence-corrected chi connectivity index (χ1v) is 19.3. The zero-order chi connectivity index (χ0) is 44.5. The summed E-state index contributed by atoms with van der Waals surface area (Å²) in [5.41, 5.74) is 0. The van der Waals surface area contributed by atoms with Crippen molar-refractivity contribution >= 4 is 11.8 Å². The van der Waals surface area contributed by atoms with Crippen molar-refractivity contribution in [2.75, 3.05) is 19.8 Å². The van der Waals surface area contributed by atoms with Gasteiger partial charge in [-0.25, -0.2) is 0 Å². The third-order valence-electron chi connectivity index (χ3n) is 11.0. The maximum atomic E-state index is 12.2. The van der Waals surface area contributed by atoms with E-state index in [-0.39, 0.29) is 0 Å². The molecule has 0 aromatic carbocycles. The monoisotopic (exact) mass is 878 g/mol. The molecule has 348 valence electrons. The van der Waals surface area contributed by atoms with Gasteiger partial charge in [-0.15, -0.1) is 0 Å². The van der Waals surface area contributed by atoms with Crippen molar-refractivity contribution in [1.82, 2.24) is 10.6 Å². The quantitative estimate of drug-likeness (QED) is 0.0817. The second-order valence-electron chi connectivity index (χ2n) is 15.4. The predicted molar refractivity (Wildman–Crippen MR) is 187 cm³/mol. The van der Waals surface area contributed by atoms with Crippen LogP contribution in [-0.4, -0.2) is 251 Å². The molecule has 0 aromatic heterocycles. The number of carbonyl (C=O) groups is 2. The van der Waals surface area contributed by atoms with Gasteiger partial charge in [0, 0.05) is 13.8 Å². The van der Waals surface area contributed by atoms with Crippen LogP contribution in [-0.2, 0) is 52.2 Å². The number of hydrogen-bond acceptors (Lipinski definition) is 24. The van der Waals surface area contributed by atoms with E-state index in [0.717, 1.165) is 13.8 Å². The molecule has 5 aliphatic heterocycles. The smallest absolute Gasteiger partial charge is 0.217 e. The van der Waals surface area contributed by atoms with E-state index in [1.54, 1.807) is 0 Å². The topological polar surface area (TPSA) is 404 Å². The molecule has 0 unspecified atom stereocenters. The van der Waals surface area contributed by atoms with Gasteiger partial charge in [0.1, 0.15) is 110 Å². The van der Waals surface area contributed by atoms with E-state index in [1.807, 2.05) is 0 Å². The Balaban J connectivity index is 1.25. The van der Waals surface area contributed by atoms with Crippen molar-refractivity contribution in [2.45, 2.75) is 181 Å². The molecule has 5 aliphatic rings. The van der Waals surface area contributed by atoms with E-state index in [1.165, 1.54) is 13.8 Å². The average Bonchev–Trinajstić information content (AvgIpc) is 3.20. The summed E-state index contributed by atoms with van der Waals surface area (Å²) < 4.78 is 50.8. The Morgan fingerprint density at radius 2 is 0.883 bits per heavy atom. The molecule has 5 saturated heterocycles. The van der Waals surface area contributed by atoms with Gasteiger partial charge in [0.15, 0.2) is 31.5 Å². The summed E-state index contributed by atoms with van der Waals surface area (Å²) in [5.74, 6) is -1.43. The minimum Gasteiger partial charge on any atom is -0.394 e. The van der Waals surface area contributed by atoms with Gasteiger partial charge in [0.05, 0.1) is 32.0 Å². The molecular weight excluding hydrogens is 820 g/mol. The third-order valence-corrected chi connectivity index (χ3v) is 11.0. The van der Waals surface area contributed by atoms with Crippen molar-refractivity contribution in [3.63, 3.8) is 0 Å². The Bertz CT molecular complexity index is 1400. The molecular formula is C34H58N2O24. The van der Waals surface area contributed by atoms with Crippen LogP contribution >= 0.6 is 0 Å². The first-order valence-electron chi connectivity index (χ1n) is 19.3. The Hall–Kier alpha value is -1.94. The number of nitrogens with one attached hydrogen (secondary N) is 2. The first-order chi connectivity index (χ1) is 28.2. The highest BCUT2D eigenvalue weighted by Gasteiger charge is 2.55. The largest absolute Gasteiger partial charge is 0.394 e. The van der Waals surface area contributed by atoms with Crippen LogP contribution in [0.5, 0.6) is 0 Å². The lowest BCUT2D eigenvalue weighted by atomic mass is 9.94. The van der Waals surface area contributed by atoms with Gasteiger partial charge in [-0.05, 0) is 13.8 Å². The minimum absolute atomic E-state index is 0.694. The molecule has 5 heterocycles. The van der Waals surface area contributed by atoms with Crippen LogP contribution in [0.4, 0.5) is 0 Å². The first kappa shape index (κ1) is 49.1. The molecule has 0 bridgehead atoms. The van der Waals surface area contributed by atoms with Gasteiger partial charge >= 0.3 is 0 Å². The van der Waals surface area contributed by atoms with Gasteiger partial charge in [-0.3, -0.25) is 9.59 Å². The lowest BCUT2D eigenvalue weighted by molar-refractivity contribution is -0.371.